The largest absolute Gasteiger partial charge is 0.367 e. The van der Waals surface area contributed by atoms with Crippen molar-refractivity contribution in [2.75, 3.05) is 5.32 Å². The maximum Gasteiger partial charge on any atom is 0.196 e. The predicted octanol–water partition coefficient (Wildman–Crippen LogP) is 1.33. The van der Waals surface area contributed by atoms with Crippen LogP contribution in [0.3, 0.4) is 0 Å². The van der Waals surface area contributed by atoms with E-state index in [-0.39, 0.29) is 5.78 Å². The lowest BCUT2D eigenvalue weighted by Gasteiger charge is -1.92. The van der Waals surface area contributed by atoms with Crippen LogP contribution in [0.15, 0.2) is 24.3 Å². The summed E-state index contributed by atoms with van der Waals surface area (Å²) in [5, 5.41) is 2.75. The molecule has 0 atom stereocenters. The molecule has 0 spiro atoms. The highest BCUT2D eigenvalue weighted by molar-refractivity contribution is 6.12. The summed E-state index contributed by atoms with van der Waals surface area (Å²) in [6.07, 6.45) is 0. The quantitative estimate of drug-likeness (QED) is 0.575. The van der Waals surface area contributed by atoms with E-state index in [1.807, 2.05) is 18.2 Å². The molecule has 1 aliphatic rings. The zero-order valence-corrected chi connectivity index (χ0v) is 5.22. The minimum absolute atomic E-state index is 0.0596. The molecule has 0 aliphatic carbocycles. The number of hydrogen-bond acceptors (Lipinski definition) is 2. The Morgan fingerprint density at radius 3 is 2.90 bits per heavy atom. The molecule has 2 heteroatoms. The fraction of sp³-hybridized carbons (Fsp3) is 0. The maximum absolute atomic E-state index is 10.9. The first-order chi connectivity index (χ1) is 4.88. The first-order valence-corrected chi connectivity index (χ1v) is 3.03. The van der Waals surface area contributed by atoms with Crippen LogP contribution in [0.2, 0.25) is 0 Å². The second-order valence-electron chi connectivity index (χ2n) is 2.12. The van der Waals surface area contributed by atoms with Crippen LogP contribution in [-0.2, 0) is 0 Å². The molecule has 1 aromatic rings. The summed E-state index contributed by atoms with van der Waals surface area (Å²) in [7, 11) is 0. The van der Waals surface area contributed by atoms with Crippen LogP contribution < -0.4 is 5.32 Å². The molecule has 0 amide bonds. The fourth-order valence-corrected chi connectivity index (χ4v) is 0.982. The van der Waals surface area contributed by atoms with Crippen molar-refractivity contribution in [2.24, 2.45) is 0 Å². The molecule has 1 aromatic carbocycles. The van der Waals surface area contributed by atoms with E-state index >= 15 is 0 Å². The number of fused-ring (bicyclic) bond motifs is 1. The highest BCUT2D eigenvalue weighted by atomic mass is 16.1. The summed E-state index contributed by atoms with van der Waals surface area (Å²) in [6, 6.07) is 7.36. The third-order valence-electron chi connectivity index (χ3n) is 1.48. The number of hydrogen-bond donors (Lipinski definition) is 1. The van der Waals surface area contributed by atoms with Gasteiger partial charge in [-0.1, -0.05) is 12.1 Å². The normalized spacial score (nSPS) is 14.6. The standard InChI is InChI=1S/C8H5NO/c10-8-5-9-7-4-2-1-3-6(7)8/h1-4,9H. The Kier molecular flexibility index (Phi) is 1.01. The van der Waals surface area contributed by atoms with Gasteiger partial charge < -0.3 is 5.32 Å². The number of Topliss-reactive ketones (excluding diaryl/α,β-unsaturated/α-hetero) is 1. The van der Waals surface area contributed by atoms with Crippen molar-refractivity contribution in [3.63, 3.8) is 0 Å². The van der Waals surface area contributed by atoms with Gasteiger partial charge in [0.25, 0.3) is 0 Å². The van der Waals surface area contributed by atoms with Crippen molar-refractivity contribution < 1.29 is 4.79 Å². The van der Waals surface area contributed by atoms with Gasteiger partial charge >= 0.3 is 0 Å². The molecule has 0 saturated carbocycles. The summed E-state index contributed by atoms with van der Waals surface area (Å²) >= 11 is 0. The molecule has 0 bridgehead atoms. The molecule has 0 unspecified atom stereocenters. The minimum atomic E-state index is -0.0596. The number of para-hydroxylation sites is 1. The van der Waals surface area contributed by atoms with E-state index in [1.165, 1.54) is 0 Å². The second kappa shape index (κ2) is 1.84. The van der Waals surface area contributed by atoms with Crippen molar-refractivity contribution in [1.82, 2.24) is 0 Å². The summed E-state index contributed by atoms with van der Waals surface area (Å²) < 4.78 is 0. The van der Waals surface area contributed by atoms with Gasteiger partial charge in [-0.15, -0.1) is 0 Å². The van der Waals surface area contributed by atoms with Gasteiger partial charge in [-0.3, -0.25) is 4.79 Å². The Balaban J connectivity index is 2.61. The third kappa shape index (κ3) is 0.620. The Bertz CT molecular complexity index is 280. The zero-order valence-electron chi connectivity index (χ0n) is 5.22. The van der Waals surface area contributed by atoms with Crippen LogP contribution in [-0.4, -0.2) is 5.78 Å². The third-order valence-corrected chi connectivity index (χ3v) is 1.48. The monoisotopic (exact) mass is 131 g/mol. The smallest absolute Gasteiger partial charge is 0.196 e. The van der Waals surface area contributed by atoms with Crippen molar-refractivity contribution in [3.8, 4) is 0 Å². The van der Waals surface area contributed by atoms with Gasteiger partial charge in [-0.2, -0.15) is 0 Å². The van der Waals surface area contributed by atoms with E-state index in [0.717, 1.165) is 5.69 Å². The van der Waals surface area contributed by atoms with Gasteiger partial charge in [0.15, 0.2) is 12.3 Å². The lowest BCUT2D eigenvalue weighted by Crippen LogP contribution is -1.91. The molecule has 0 fully saturated rings. The SMILES string of the molecule is O=C1[C]Nc2ccccc21. The molecule has 2 nitrogen and oxygen atoms in total. The first kappa shape index (κ1) is 5.47. The van der Waals surface area contributed by atoms with Crippen LogP contribution >= 0.6 is 0 Å². The number of nitrogens with one attached hydrogen (secondary N) is 1. The number of carbonyl (C=O) groups excluding carboxylic acids is 1. The Labute approximate surface area is 58.9 Å². The van der Waals surface area contributed by atoms with E-state index < -0.39 is 0 Å². The van der Waals surface area contributed by atoms with E-state index in [4.69, 9.17) is 0 Å². The number of carbonyl (C=O) groups is 1. The lowest BCUT2D eigenvalue weighted by molar-refractivity contribution is 0.103. The summed E-state index contributed by atoms with van der Waals surface area (Å²) in [4.78, 5) is 10.9. The molecule has 0 aromatic heterocycles. The molecule has 1 heterocycles. The molecule has 2 rings (SSSR count). The minimum Gasteiger partial charge on any atom is -0.367 e. The van der Waals surface area contributed by atoms with Gasteiger partial charge in [0.1, 0.15) is 0 Å². The molecule has 48 valence electrons. The average molecular weight is 131 g/mol. The predicted molar refractivity (Wildman–Crippen MR) is 37.6 cm³/mol. The van der Waals surface area contributed by atoms with E-state index in [0.29, 0.717) is 5.56 Å². The molecular formula is C8H5NO. The highest BCUT2D eigenvalue weighted by Gasteiger charge is 2.18. The molecule has 1 aliphatic heterocycles. The van der Waals surface area contributed by atoms with Gasteiger partial charge in [0, 0.05) is 11.3 Å². The average Bonchev–Trinajstić information content (AvgIpc) is 2.34. The molecule has 2 radical (unpaired) electrons. The highest BCUT2D eigenvalue weighted by Crippen LogP contribution is 2.22. The van der Waals surface area contributed by atoms with Crippen molar-refractivity contribution in [1.29, 1.82) is 0 Å². The van der Waals surface area contributed by atoms with Crippen LogP contribution in [0.25, 0.3) is 0 Å². The summed E-state index contributed by atoms with van der Waals surface area (Å²) in [5.74, 6) is -0.0596. The molecule has 1 N–H and O–H groups in total. The lowest BCUT2D eigenvalue weighted by atomic mass is 10.1. The van der Waals surface area contributed by atoms with E-state index in [1.54, 1.807) is 6.07 Å². The Hall–Kier alpha value is -1.31. The van der Waals surface area contributed by atoms with Crippen LogP contribution in [0.1, 0.15) is 10.4 Å². The van der Waals surface area contributed by atoms with Gasteiger partial charge in [-0.25, -0.2) is 0 Å². The Morgan fingerprint density at radius 2 is 2.10 bits per heavy atom. The van der Waals surface area contributed by atoms with Crippen LogP contribution in [0.5, 0.6) is 0 Å². The first-order valence-electron chi connectivity index (χ1n) is 3.03. The van der Waals surface area contributed by atoms with Crippen molar-refractivity contribution >= 4 is 11.5 Å². The van der Waals surface area contributed by atoms with Crippen LogP contribution in [0, 0.1) is 6.54 Å². The van der Waals surface area contributed by atoms with E-state index in [2.05, 4.69) is 11.9 Å². The van der Waals surface area contributed by atoms with E-state index in [9.17, 15) is 4.79 Å². The van der Waals surface area contributed by atoms with Gasteiger partial charge in [0.05, 0.1) is 0 Å². The topological polar surface area (TPSA) is 29.1 Å². The van der Waals surface area contributed by atoms with Crippen molar-refractivity contribution in [3.05, 3.63) is 36.4 Å². The Morgan fingerprint density at radius 1 is 1.30 bits per heavy atom. The number of benzene rings is 1. The van der Waals surface area contributed by atoms with Crippen LogP contribution in [0.4, 0.5) is 5.69 Å². The maximum atomic E-state index is 10.9. The fourth-order valence-electron chi connectivity index (χ4n) is 0.982. The van der Waals surface area contributed by atoms with Crippen molar-refractivity contribution in [2.45, 2.75) is 0 Å². The number of rotatable bonds is 0. The summed E-state index contributed by atoms with van der Waals surface area (Å²) in [6.45, 7) is 2.50. The molecule has 0 saturated heterocycles. The summed E-state index contributed by atoms with van der Waals surface area (Å²) in [5.41, 5.74) is 1.56. The second-order valence-corrected chi connectivity index (χ2v) is 2.12. The molecular weight excluding hydrogens is 126 g/mol. The zero-order chi connectivity index (χ0) is 6.97. The van der Waals surface area contributed by atoms with Gasteiger partial charge in [0.2, 0.25) is 0 Å². The molecule has 10 heavy (non-hydrogen) atoms. The van der Waals surface area contributed by atoms with Gasteiger partial charge in [-0.05, 0) is 12.1 Å². The number of ketones is 1. The number of anilines is 1.